The number of pyridine rings is 1. The number of hydrogen-bond donors (Lipinski definition) is 1. The Bertz CT molecular complexity index is 1410. The minimum atomic E-state index is -0.0595. The fraction of sp³-hybridized carbons (Fsp3) is 0.269. The number of carbonyl (C=O) groups excluding carboxylic acids is 1. The Hall–Kier alpha value is -2.72. The quantitative estimate of drug-likeness (QED) is 0.265. The second-order valence-corrected chi connectivity index (χ2v) is 10.00. The summed E-state index contributed by atoms with van der Waals surface area (Å²) < 4.78 is 1.96. The zero-order valence-electron chi connectivity index (χ0n) is 18.9. The normalized spacial score (nSPS) is 12.1. The minimum Gasteiger partial charge on any atom is -0.355 e. The first-order valence-corrected chi connectivity index (χ1v) is 12.8. The van der Waals surface area contributed by atoms with Crippen molar-refractivity contribution in [1.82, 2.24) is 14.7 Å². The van der Waals surface area contributed by atoms with Crippen molar-refractivity contribution in [3.63, 3.8) is 0 Å². The highest BCUT2D eigenvalue weighted by Gasteiger charge is 2.18. The van der Waals surface area contributed by atoms with E-state index in [4.69, 9.17) is 23.2 Å². The van der Waals surface area contributed by atoms with Crippen molar-refractivity contribution < 1.29 is 4.79 Å². The Morgan fingerprint density at radius 3 is 2.76 bits per heavy atom. The highest BCUT2D eigenvalue weighted by atomic mass is 35.5. The monoisotopic (exact) mass is 510 g/mol. The molecule has 0 fully saturated rings. The number of fused-ring (bicyclic) bond motifs is 3. The van der Waals surface area contributed by atoms with Crippen LogP contribution >= 0.6 is 35.0 Å². The van der Waals surface area contributed by atoms with Gasteiger partial charge in [-0.3, -0.25) is 9.20 Å². The smallest absolute Gasteiger partial charge is 0.230 e. The van der Waals surface area contributed by atoms with Crippen molar-refractivity contribution in [2.45, 2.75) is 37.6 Å². The molecule has 0 spiro atoms. The molecule has 0 aliphatic rings. The van der Waals surface area contributed by atoms with Crippen LogP contribution in [0.2, 0.25) is 10.0 Å². The van der Waals surface area contributed by atoms with E-state index in [0.717, 1.165) is 40.0 Å². The number of nitrogens with zero attached hydrogens (tertiary/aromatic N) is 3. The van der Waals surface area contributed by atoms with E-state index < -0.39 is 0 Å². The predicted molar refractivity (Wildman–Crippen MR) is 140 cm³/mol. The van der Waals surface area contributed by atoms with Crippen molar-refractivity contribution >= 4 is 57.6 Å². The van der Waals surface area contributed by atoms with Gasteiger partial charge in [0.2, 0.25) is 5.91 Å². The van der Waals surface area contributed by atoms with Gasteiger partial charge in [0, 0.05) is 22.5 Å². The molecule has 0 radical (unpaired) electrons. The molecular formula is C26H24Cl2N4OS. The van der Waals surface area contributed by atoms with Crippen LogP contribution in [0.3, 0.4) is 0 Å². The molecule has 4 rings (SSSR count). The SMILES string of the molecule is CCC[C@@H](CNC(=O)CSc1cc(C)c(C#N)c2nc3ccccc3n12)c1ccc(Cl)cc1Cl. The van der Waals surface area contributed by atoms with E-state index in [9.17, 15) is 10.1 Å². The third-order valence-corrected chi connectivity index (χ3v) is 7.35. The summed E-state index contributed by atoms with van der Waals surface area (Å²) in [6.45, 7) is 4.51. The van der Waals surface area contributed by atoms with E-state index in [1.807, 2.05) is 53.8 Å². The molecule has 34 heavy (non-hydrogen) atoms. The van der Waals surface area contributed by atoms with Crippen LogP contribution in [0, 0.1) is 18.3 Å². The van der Waals surface area contributed by atoms with Gasteiger partial charge < -0.3 is 5.32 Å². The molecule has 1 N–H and O–H groups in total. The Kier molecular flexibility index (Phi) is 7.67. The molecule has 2 aromatic carbocycles. The number of amides is 1. The lowest BCUT2D eigenvalue weighted by atomic mass is 9.94. The van der Waals surface area contributed by atoms with Gasteiger partial charge in [0.25, 0.3) is 0 Å². The highest BCUT2D eigenvalue weighted by molar-refractivity contribution is 7.99. The summed E-state index contributed by atoms with van der Waals surface area (Å²) in [5, 5.41) is 14.8. The maximum absolute atomic E-state index is 12.8. The summed E-state index contributed by atoms with van der Waals surface area (Å²) in [6, 6.07) is 17.5. The van der Waals surface area contributed by atoms with Gasteiger partial charge in [-0.15, -0.1) is 0 Å². The fourth-order valence-corrected chi connectivity index (χ4v) is 5.65. The van der Waals surface area contributed by atoms with E-state index in [-0.39, 0.29) is 17.6 Å². The number of aryl methyl sites for hydroxylation is 1. The maximum Gasteiger partial charge on any atom is 0.230 e. The van der Waals surface area contributed by atoms with Gasteiger partial charge in [0.1, 0.15) is 6.07 Å². The first kappa shape index (κ1) is 24.4. The van der Waals surface area contributed by atoms with Crippen molar-refractivity contribution in [1.29, 1.82) is 5.26 Å². The van der Waals surface area contributed by atoms with Crippen LogP contribution in [0.15, 0.2) is 53.6 Å². The number of hydrogen-bond acceptors (Lipinski definition) is 4. The summed E-state index contributed by atoms with van der Waals surface area (Å²) in [7, 11) is 0. The number of carbonyl (C=O) groups is 1. The number of thioether (sulfide) groups is 1. The number of benzene rings is 2. The molecule has 2 heterocycles. The number of nitrogens with one attached hydrogen (secondary N) is 1. The summed E-state index contributed by atoms with van der Waals surface area (Å²) in [5.41, 5.74) is 4.73. The third-order valence-electron chi connectivity index (χ3n) is 5.79. The number of imidazole rings is 1. The molecule has 2 aromatic heterocycles. The molecule has 0 saturated heterocycles. The minimum absolute atomic E-state index is 0.0595. The molecule has 1 atom stereocenters. The first-order chi connectivity index (χ1) is 16.4. The molecular weight excluding hydrogens is 487 g/mol. The largest absolute Gasteiger partial charge is 0.355 e. The van der Waals surface area contributed by atoms with Gasteiger partial charge in [-0.25, -0.2) is 4.98 Å². The summed E-state index contributed by atoms with van der Waals surface area (Å²) >= 11 is 13.9. The van der Waals surface area contributed by atoms with E-state index in [0.29, 0.717) is 27.8 Å². The number of aromatic nitrogens is 2. The fourth-order valence-electron chi connectivity index (χ4n) is 4.14. The average Bonchev–Trinajstić information content (AvgIpc) is 3.20. The Balaban J connectivity index is 1.51. The molecule has 0 aliphatic carbocycles. The lowest BCUT2D eigenvalue weighted by molar-refractivity contribution is -0.118. The van der Waals surface area contributed by atoms with Crippen LogP contribution < -0.4 is 5.32 Å². The van der Waals surface area contributed by atoms with Gasteiger partial charge in [-0.1, -0.05) is 66.5 Å². The molecule has 174 valence electrons. The van der Waals surface area contributed by atoms with Gasteiger partial charge in [0.15, 0.2) is 5.65 Å². The van der Waals surface area contributed by atoms with E-state index in [2.05, 4.69) is 23.3 Å². The number of halogens is 2. The zero-order valence-corrected chi connectivity index (χ0v) is 21.3. The third kappa shape index (κ3) is 5.02. The lowest BCUT2D eigenvalue weighted by Gasteiger charge is -2.19. The maximum atomic E-state index is 12.8. The van der Waals surface area contributed by atoms with Crippen LogP contribution in [-0.4, -0.2) is 27.6 Å². The molecule has 8 heteroatoms. The van der Waals surface area contributed by atoms with Crippen molar-refractivity contribution in [3.05, 3.63) is 75.3 Å². The van der Waals surface area contributed by atoms with Crippen LogP contribution in [0.25, 0.3) is 16.7 Å². The van der Waals surface area contributed by atoms with E-state index >= 15 is 0 Å². The summed E-state index contributed by atoms with van der Waals surface area (Å²) in [5.74, 6) is 0.307. The molecule has 0 saturated carbocycles. The van der Waals surface area contributed by atoms with Crippen LogP contribution in [0.4, 0.5) is 0 Å². The summed E-state index contributed by atoms with van der Waals surface area (Å²) in [6.07, 6.45) is 1.88. The molecule has 1 amide bonds. The molecule has 5 nitrogen and oxygen atoms in total. The first-order valence-electron chi connectivity index (χ1n) is 11.1. The standard InChI is InChI=1S/C26H24Cl2N4OS/c1-3-6-17(19-10-9-18(27)12-21(19)28)14-30-24(33)15-34-25-11-16(2)20(13-29)26-31-22-7-4-5-8-23(22)32(25)26/h4-5,7-12,17H,3,6,14-15H2,1-2H3,(H,30,33)/t17-/m0/s1. The van der Waals surface area contributed by atoms with Gasteiger partial charge in [-0.2, -0.15) is 5.26 Å². The van der Waals surface area contributed by atoms with Crippen LogP contribution in [0.1, 0.15) is 42.4 Å². The molecule has 0 aliphatic heterocycles. The molecule has 4 aromatic rings. The predicted octanol–water partition coefficient (Wildman–Crippen LogP) is 6.77. The Morgan fingerprint density at radius 1 is 1.24 bits per heavy atom. The van der Waals surface area contributed by atoms with E-state index in [1.54, 1.807) is 6.07 Å². The second kappa shape index (κ2) is 10.7. The van der Waals surface area contributed by atoms with Crippen molar-refractivity contribution in [2.75, 3.05) is 12.3 Å². The zero-order chi connectivity index (χ0) is 24.2. The van der Waals surface area contributed by atoms with E-state index in [1.165, 1.54) is 11.8 Å². The average molecular weight is 511 g/mol. The topological polar surface area (TPSA) is 70.2 Å². The van der Waals surface area contributed by atoms with Gasteiger partial charge >= 0.3 is 0 Å². The van der Waals surface area contributed by atoms with Crippen LogP contribution in [0.5, 0.6) is 0 Å². The second-order valence-electron chi connectivity index (χ2n) is 8.16. The lowest BCUT2D eigenvalue weighted by Crippen LogP contribution is -2.30. The molecule has 0 unspecified atom stereocenters. The molecule has 0 bridgehead atoms. The Labute approximate surface area is 213 Å². The number of rotatable bonds is 8. The van der Waals surface area contributed by atoms with Gasteiger partial charge in [-0.05, 0) is 54.8 Å². The van der Waals surface area contributed by atoms with Gasteiger partial charge in [0.05, 0.1) is 27.4 Å². The highest BCUT2D eigenvalue weighted by Crippen LogP contribution is 2.31. The number of nitriles is 1. The van der Waals surface area contributed by atoms with Crippen molar-refractivity contribution in [2.24, 2.45) is 0 Å². The Morgan fingerprint density at radius 2 is 2.03 bits per heavy atom. The van der Waals surface area contributed by atoms with Crippen molar-refractivity contribution in [3.8, 4) is 6.07 Å². The van der Waals surface area contributed by atoms with Crippen LogP contribution in [-0.2, 0) is 4.79 Å². The summed E-state index contributed by atoms with van der Waals surface area (Å²) in [4.78, 5) is 17.4. The number of para-hydroxylation sites is 2.